The number of rotatable bonds is 5. The van der Waals surface area contributed by atoms with E-state index < -0.39 is 17.5 Å². The second kappa shape index (κ2) is 4.82. The molecule has 1 aromatic rings. The maximum absolute atomic E-state index is 11.7. The Bertz CT molecular complexity index is 497. The van der Waals surface area contributed by atoms with Crippen molar-refractivity contribution in [1.82, 2.24) is 30.8 Å². The first-order chi connectivity index (χ1) is 8.91. The van der Waals surface area contributed by atoms with Gasteiger partial charge in [0.1, 0.15) is 5.54 Å². The van der Waals surface area contributed by atoms with Crippen molar-refractivity contribution in [2.24, 2.45) is 13.0 Å². The van der Waals surface area contributed by atoms with E-state index >= 15 is 0 Å². The fraction of sp³-hybridized carbons (Fsp3) is 0.700. The van der Waals surface area contributed by atoms with Crippen molar-refractivity contribution in [2.75, 3.05) is 0 Å². The fourth-order valence-electron chi connectivity index (χ4n) is 1.82. The summed E-state index contributed by atoms with van der Waals surface area (Å²) in [7, 11) is 1.62. The lowest BCUT2D eigenvalue weighted by Crippen LogP contribution is -2.56. The Hall–Kier alpha value is -2.19. The Labute approximate surface area is 109 Å². The van der Waals surface area contributed by atoms with Gasteiger partial charge in [-0.05, 0) is 30.9 Å². The number of hydrogen-bond donors (Lipinski definition) is 3. The zero-order valence-corrected chi connectivity index (χ0v) is 10.8. The van der Waals surface area contributed by atoms with Crippen LogP contribution in [0, 0.1) is 5.92 Å². The number of urea groups is 1. The van der Waals surface area contributed by atoms with E-state index in [2.05, 4.69) is 26.0 Å². The van der Waals surface area contributed by atoms with Crippen LogP contribution >= 0.6 is 0 Å². The van der Waals surface area contributed by atoms with Gasteiger partial charge >= 0.3 is 12.0 Å². The average Bonchev–Trinajstić information content (AvgIpc) is 3.11. The molecule has 0 spiro atoms. The van der Waals surface area contributed by atoms with Gasteiger partial charge in [0.05, 0.1) is 13.6 Å². The summed E-state index contributed by atoms with van der Waals surface area (Å²) in [6.07, 6.45) is 1.63. The van der Waals surface area contributed by atoms with E-state index in [9.17, 15) is 14.7 Å². The number of hydrogen-bond acceptors (Lipinski definition) is 5. The highest BCUT2D eigenvalue weighted by atomic mass is 16.4. The van der Waals surface area contributed by atoms with Gasteiger partial charge in [-0.1, -0.05) is 0 Å². The smallest absolute Gasteiger partial charge is 0.329 e. The summed E-state index contributed by atoms with van der Waals surface area (Å²) in [5.74, 6) is -0.672. The first-order valence-electron chi connectivity index (χ1n) is 5.94. The van der Waals surface area contributed by atoms with Gasteiger partial charge in [-0.2, -0.15) is 4.80 Å². The number of carboxylic acids is 1. The molecule has 2 rings (SSSR count). The number of carboxylic acid groups (broad SMARTS) is 1. The van der Waals surface area contributed by atoms with Crippen LogP contribution in [0.1, 0.15) is 25.6 Å². The standard InChI is InChI=1S/C10H16N6O3/c1-10(8(17)18,6-3-4-6)12-9(19)11-5-7-13-15-16(2)14-7/h6H,3-5H2,1-2H3,(H,17,18)(H2,11,12,19). The summed E-state index contributed by atoms with van der Waals surface area (Å²) >= 11 is 0. The first-order valence-corrected chi connectivity index (χ1v) is 5.94. The van der Waals surface area contributed by atoms with E-state index in [1.165, 1.54) is 11.7 Å². The predicted octanol–water partition coefficient (Wildman–Crippen LogP) is -0.737. The van der Waals surface area contributed by atoms with Gasteiger partial charge in [0, 0.05) is 0 Å². The van der Waals surface area contributed by atoms with E-state index in [0.717, 1.165) is 12.8 Å². The van der Waals surface area contributed by atoms with Gasteiger partial charge in [0.15, 0.2) is 5.82 Å². The normalized spacial score (nSPS) is 17.6. The van der Waals surface area contributed by atoms with Crippen molar-refractivity contribution >= 4 is 12.0 Å². The molecule has 0 bridgehead atoms. The Balaban J connectivity index is 1.88. The van der Waals surface area contributed by atoms with E-state index in [-0.39, 0.29) is 12.5 Å². The van der Waals surface area contributed by atoms with Gasteiger partial charge in [-0.15, -0.1) is 10.2 Å². The number of aliphatic carboxylic acids is 1. The van der Waals surface area contributed by atoms with Crippen molar-refractivity contribution in [2.45, 2.75) is 31.8 Å². The molecule has 1 atom stereocenters. The fourth-order valence-corrected chi connectivity index (χ4v) is 1.82. The van der Waals surface area contributed by atoms with E-state index in [1.54, 1.807) is 7.05 Å². The van der Waals surface area contributed by atoms with Crippen molar-refractivity contribution < 1.29 is 14.7 Å². The quantitative estimate of drug-likeness (QED) is 0.646. The molecule has 1 fully saturated rings. The number of tetrazole rings is 1. The van der Waals surface area contributed by atoms with Crippen LogP contribution in [0.15, 0.2) is 0 Å². The maximum Gasteiger partial charge on any atom is 0.329 e. The van der Waals surface area contributed by atoms with Crippen molar-refractivity contribution in [3.05, 3.63) is 5.82 Å². The second-order valence-corrected chi connectivity index (χ2v) is 4.78. The molecular weight excluding hydrogens is 252 g/mol. The lowest BCUT2D eigenvalue weighted by molar-refractivity contribution is -0.144. The van der Waals surface area contributed by atoms with Crippen LogP contribution in [0.2, 0.25) is 0 Å². The molecule has 1 heterocycles. The molecule has 0 aromatic carbocycles. The number of amides is 2. The van der Waals surface area contributed by atoms with Gasteiger partial charge in [-0.25, -0.2) is 9.59 Å². The highest BCUT2D eigenvalue weighted by molar-refractivity contribution is 5.86. The Kier molecular flexibility index (Phi) is 3.36. The number of nitrogens with zero attached hydrogens (tertiary/aromatic N) is 4. The van der Waals surface area contributed by atoms with Gasteiger partial charge in [-0.3, -0.25) is 0 Å². The average molecular weight is 268 g/mol. The van der Waals surface area contributed by atoms with Crippen molar-refractivity contribution in [3.63, 3.8) is 0 Å². The zero-order chi connectivity index (χ0) is 14.0. The van der Waals surface area contributed by atoms with Crippen LogP contribution in [-0.2, 0) is 18.4 Å². The van der Waals surface area contributed by atoms with Crippen molar-refractivity contribution in [1.29, 1.82) is 0 Å². The molecule has 1 aliphatic rings. The third-order valence-corrected chi connectivity index (χ3v) is 3.17. The summed E-state index contributed by atoms with van der Waals surface area (Å²) in [6.45, 7) is 1.62. The molecule has 104 valence electrons. The molecule has 9 nitrogen and oxygen atoms in total. The third-order valence-electron chi connectivity index (χ3n) is 3.17. The Morgan fingerprint density at radius 3 is 2.68 bits per heavy atom. The molecular formula is C10H16N6O3. The minimum absolute atomic E-state index is 0.00890. The molecule has 1 saturated carbocycles. The minimum Gasteiger partial charge on any atom is -0.480 e. The molecule has 2 amide bonds. The molecule has 19 heavy (non-hydrogen) atoms. The van der Waals surface area contributed by atoms with E-state index in [1.807, 2.05) is 0 Å². The monoisotopic (exact) mass is 268 g/mol. The highest BCUT2D eigenvalue weighted by Crippen LogP contribution is 2.39. The molecule has 0 radical (unpaired) electrons. The molecule has 0 aliphatic heterocycles. The first kappa shape index (κ1) is 13.2. The molecule has 1 aromatic heterocycles. The summed E-state index contributed by atoms with van der Waals surface area (Å²) in [5, 5.41) is 25.4. The molecule has 3 N–H and O–H groups in total. The SMILES string of the molecule is Cn1nnc(CNC(=O)NC(C)(C(=O)O)C2CC2)n1. The molecule has 9 heteroatoms. The van der Waals surface area contributed by atoms with Gasteiger partial charge < -0.3 is 15.7 Å². The number of aryl methyl sites for hydroxylation is 1. The highest BCUT2D eigenvalue weighted by Gasteiger charge is 2.48. The van der Waals surface area contributed by atoms with Gasteiger partial charge in [0.25, 0.3) is 0 Å². The van der Waals surface area contributed by atoms with E-state index in [4.69, 9.17) is 0 Å². The van der Waals surface area contributed by atoms with Crippen LogP contribution < -0.4 is 10.6 Å². The lowest BCUT2D eigenvalue weighted by atomic mass is 9.96. The maximum atomic E-state index is 11.7. The number of carbonyl (C=O) groups is 2. The lowest BCUT2D eigenvalue weighted by Gasteiger charge is -2.25. The minimum atomic E-state index is -1.22. The summed E-state index contributed by atoms with van der Waals surface area (Å²) < 4.78 is 0. The van der Waals surface area contributed by atoms with Crippen LogP contribution in [0.5, 0.6) is 0 Å². The molecule has 0 saturated heterocycles. The third kappa shape index (κ3) is 2.98. The molecule has 1 aliphatic carbocycles. The number of carbonyl (C=O) groups excluding carboxylic acids is 1. The summed E-state index contributed by atoms with van der Waals surface area (Å²) in [4.78, 5) is 24.2. The summed E-state index contributed by atoms with van der Waals surface area (Å²) in [5.41, 5.74) is -1.22. The van der Waals surface area contributed by atoms with Crippen LogP contribution in [0.25, 0.3) is 0 Å². The predicted molar refractivity (Wildman–Crippen MR) is 62.9 cm³/mol. The number of aromatic nitrogens is 4. The molecule has 1 unspecified atom stereocenters. The largest absolute Gasteiger partial charge is 0.480 e. The van der Waals surface area contributed by atoms with Crippen molar-refractivity contribution in [3.8, 4) is 0 Å². The van der Waals surface area contributed by atoms with Crippen LogP contribution in [0.4, 0.5) is 4.79 Å². The topological polar surface area (TPSA) is 122 Å². The second-order valence-electron chi connectivity index (χ2n) is 4.78. The van der Waals surface area contributed by atoms with E-state index in [0.29, 0.717) is 5.82 Å². The summed E-state index contributed by atoms with van der Waals surface area (Å²) in [6, 6.07) is -0.552. The van der Waals surface area contributed by atoms with Crippen LogP contribution in [-0.4, -0.2) is 42.9 Å². The Morgan fingerprint density at radius 2 is 2.21 bits per heavy atom. The zero-order valence-electron chi connectivity index (χ0n) is 10.8. The Morgan fingerprint density at radius 1 is 1.53 bits per heavy atom. The van der Waals surface area contributed by atoms with Crippen LogP contribution in [0.3, 0.4) is 0 Å². The van der Waals surface area contributed by atoms with Gasteiger partial charge in [0.2, 0.25) is 0 Å². The number of nitrogens with one attached hydrogen (secondary N) is 2.